The van der Waals surface area contributed by atoms with E-state index in [4.69, 9.17) is 14.2 Å². The van der Waals surface area contributed by atoms with Gasteiger partial charge in [-0.3, -0.25) is 4.90 Å². The highest BCUT2D eigenvalue weighted by Crippen LogP contribution is 2.48. The fourth-order valence-electron chi connectivity index (χ4n) is 4.61. The van der Waals surface area contributed by atoms with E-state index < -0.39 is 11.4 Å². The van der Waals surface area contributed by atoms with Gasteiger partial charge in [0.2, 0.25) is 0 Å². The number of nitrogens with one attached hydrogen (secondary N) is 1. The van der Waals surface area contributed by atoms with Crippen LogP contribution in [0.15, 0.2) is 30.3 Å². The maximum Gasteiger partial charge on any atom is 0.411 e. The maximum absolute atomic E-state index is 12.9. The summed E-state index contributed by atoms with van der Waals surface area (Å²) in [5, 5.41) is 3.63. The van der Waals surface area contributed by atoms with Gasteiger partial charge in [-0.2, -0.15) is 0 Å². The van der Waals surface area contributed by atoms with Crippen molar-refractivity contribution >= 4 is 6.09 Å². The molecule has 148 valence electrons. The minimum absolute atomic E-state index is 0.0232. The summed E-state index contributed by atoms with van der Waals surface area (Å²) in [5.41, 5.74) is 0.701. The Morgan fingerprint density at radius 3 is 2.56 bits per heavy atom. The Labute approximate surface area is 161 Å². The first-order chi connectivity index (χ1) is 12.6. The lowest BCUT2D eigenvalue weighted by Crippen LogP contribution is -2.51. The number of amides is 1. The van der Waals surface area contributed by atoms with Gasteiger partial charge in [-0.1, -0.05) is 30.3 Å². The number of fused-ring (bicyclic) bond motifs is 5. The molecule has 0 radical (unpaired) electrons. The van der Waals surface area contributed by atoms with E-state index >= 15 is 0 Å². The van der Waals surface area contributed by atoms with Crippen LogP contribution in [0.4, 0.5) is 4.79 Å². The van der Waals surface area contributed by atoms with Gasteiger partial charge in [-0.25, -0.2) is 4.79 Å². The Hall–Kier alpha value is -1.63. The number of carbonyl (C=O) groups is 1. The van der Waals surface area contributed by atoms with E-state index in [1.807, 2.05) is 57.7 Å². The monoisotopic (exact) mass is 374 g/mol. The van der Waals surface area contributed by atoms with Gasteiger partial charge in [-0.15, -0.1) is 0 Å². The molecule has 3 saturated heterocycles. The normalized spacial score (nSPS) is 34.0. The summed E-state index contributed by atoms with van der Waals surface area (Å²) >= 11 is 0. The van der Waals surface area contributed by atoms with Gasteiger partial charge < -0.3 is 19.5 Å². The Bertz CT molecular complexity index is 700. The van der Waals surface area contributed by atoms with Gasteiger partial charge >= 0.3 is 6.09 Å². The quantitative estimate of drug-likeness (QED) is 0.881. The van der Waals surface area contributed by atoms with Crippen molar-refractivity contribution in [2.75, 3.05) is 0 Å². The summed E-state index contributed by atoms with van der Waals surface area (Å²) in [6.45, 7) is 10.3. The SMILES string of the molecule is CC(C)(C)OC(=O)N1[C@H]2[C@H]3OC(C)(C)O[C@H]3[C@@H]1C[C@@H]2NCc1ccccc1. The maximum atomic E-state index is 12.9. The Morgan fingerprint density at radius 2 is 1.89 bits per heavy atom. The van der Waals surface area contributed by atoms with E-state index in [9.17, 15) is 4.79 Å². The molecule has 0 saturated carbocycles. The molecule has 5 atom stereocenters. The zero-order chi connectivity index (χ0) is 19.4. The first-order valence-electron chi connectivity index (χ1n) is 9.79. The number of carbonyl (C=O) groups excluding carboxylic acids is 1. The molecule has 0 spiro atoms. The van der Waals surface area contributed by atoms with Crippen LogP contribution in [0.1, 0.15) is 46.6 Å². The molecule has 3 aliphatic rings. The van der Waals surface area contributed by atoms with Crippen LogP contribution >= 0.6 is 0 Å². The van der Waals surface area contributed by atoms with Gasteiger partial charge in [0.15, 0.2) is 5.79 Å². The molecule has 1 N–H and O–H groups in total. The van der Waals surface area contributed by atoms with E-state index in [0.717, 1.165) is 13.0 Å². The number of benzene rings is 1. The molecule has 0 aliphatic carbocycles. The van der Waals surface area contributed by atoms with Gasteiger partial charge in [0.05, 0.1) is 12.1 Å². The van der Waals surface area contributed by atoms with Gasteiger partial charge in [0.25, 0.3) is 0 Å². The summed E-state index contributed by atoms with van der Waals surface area (Å²) in [6.07, 6.45) is 0.352. The first-order valence-corrected chi connectivity index (χ1v) is 9.79. The van der Waals surface area contributed by atoms with Crippen LogP contribution in [0.2, 0.25) is 0 Å². The van der Waals surface area contributed by atoms with Crippen molar-refractivity contribution in [3.63, 3.8) is 0 Å². The van der Waals surface area contributed by atoms with Crippen molar-refractivity contribution in [1.82, 2.24) is 10.2 Å². The molecule has 3 aliphatic heterocycles. The highest BCUT2D eigenvalue weighted by atomic mass is 16.8. The third-order valence-corrected chi connectivity index (χ3v) is 5.48. The van der Waals surface area contributed by atoms with E-state index in [2.05, 4.69) is 17.4 Å². The van der Waals surface area contributed by atoms with Crippen LogP contribution in [0, 0.1) is 0 Å². The fourth-order valence-corrected chi connectivity index (χ4v) is 4.61. The van der Waals surface area contributed by atoms with Crippen LogP contribution in [-0.2, 0) is 20.8 Å². The van der Waals surface area contributed by atoms with Crippen LogP contribution in [0.3, 0.4) is 0 Å². The average Bonchev–Trinajstić information content (AvgIpc) is 3.17. The van der Waals surface area contributed by atoms with Crippen LogP contribution in [-0.4, -0.2) is 52.7 Å². The molecule has 1 aromatic carbocycles. The standard InChI is InChI=1S/C21H30N2O4/c1-20(2,3)27-19(24)23-15-11-14(22-12-13-9-7-6-8-10-13)16(23)18-17(15)25-21(4,5)26-18/h6-10,14-18,22H,11-12H2,1-5H3/t14-,15-,16+,17-,18+/m0/s1. The van der Waals surface area contributed by atoms with Crippen LogP contribution in [0.25, 0.3) is 0 Å². The zero-order valence-corrected chi connectivity index (χ0v) is 16.8. The van der Waals surface area contributed by atoms with Crippen molar-refractivity contribution in [1.29, 1.82) is 0 Å². The minimum atomic E-state index is -0.611. The van der Waals surface area contributed by atoms with Gasteiger partial charge in [0.1, 0.15) is 17.8 Å². The zero-order valence-electron chi connectivity index (χ0n) is 16.8. The molecule has 27 heavy (non-hydrogen) atoms. The lowest BCUT2D eigenvalue weighted by molar-refractivity contribution is -0.162. The highest BCUT2D eigenvalue weighted by Gasteiger charge is 2.66. The highest BCUT2D eigenvalue weighted by molar-refractivity contribution is 5.71. The number of hydrogen-bond donors (Lipinski definition) is 1. The molecule has 4 rings (SSSR count). The molecule has 1 aromatic rings. The van der Waals surface area contributed by atoms with Crippen molar-refractivity contribution in [2.24, 2.45) is 0 Å². The van der Waals surface area contributed by atoms with E-state index in [0.29, 0.717) is 0 Å². The largest absolute Gasteiger partial charge is 0.444 e. The second kappa shape index (κ2) is 6.47. The number of ether oxygens (including phenoxy) is 3. The molecule has 3 fully saturated rings. The summed E-state index contributed by atoms with van der Waals surface area (Å²) in [5.74, 6) is -0.611. The molecule has 2 bridgehead atoms. The van der Waals surface area contributed by atoms with Gasteiger partial charge in [-0.05, 0) is 46.6 Å². The summed E-state index contributed by atoms with van der Waals surface area (Å²) < 4.78 is 18.0. The van der Waals surface area contributed by atoms with Gasteiger partial charge in [0, 0.05) is 12.6 Å². The van der Waals surface area contributed by atoms with Crippen molar-refractivity contribution in [3.8, 4) is 0 Å². The second-order valence-corrected chi connectivity index (χ2v) is 9.22. The number of nitrogens with zero attached hydrogens (tertiary/aromatic N) is 1. The van der Waals surface area contributed by atoms with Crippen LogP contribution < -0.4 is 5.32 Å². The fraction of sp³-hybridized carbons (Fsp3) is 0.667. The lowest BCUT2D eigenvalue weighted by atomic mass is 9.90. The summed E-state index contributed by atoms with van der Waals surface area (Å²) in [6, 6.07) is 10.3. The Morgan fingerprint density at radius 1 is 1.22 bits per heavy atom. The molecular formula is C21H30N2O4. The van der Waals surface area contributed by atoms with Crippen LogP contribution in [0.5, 0.6) is 0 Å². The minimum Gasteiger partial charge on any atom is -0.444 e. The number of rotatable bonds is 3. The van der Waals surface area contributed by atoms with Crippen molar-refractivity contribution in [2.45, 2.75) is 89.3 Å². The smallest absolute Gasteiger partial charge is 0.411 e. The first kappa shape index (κ1) is 18.7. The van der Waals surface area contributed by atoms with Crippen molar-refractivity contribution in [3.05, 3.63) is 35.9 Å². The van der Waals surface area contributed by atoms with E-state index in [1.54, 1.807) is 0 Å². The molecule has 3 heterocycles. The molecule has 6 heteroatoms. The summed E-state index contributed by atoms with van der Waals surface area (Å²) in [7, 11) is 0. The molecular weight excluding hydrogens is 344 g/mol. The Balaban J connectivity index is 1.52. The lowest BCUT2D eigenvalue weighted by Gasteiger charge is -2.31. The van der Waals surface area contributed by atoms with Crippen molar-refractivity contribution < 1.29 is 19.0 Å². The number of hydrogen-bond acceptors (Lipinski definition) is 5. The predicted molar refractivity (Wildman–Crippen MR) is 101 cm³/mol. The summed E-state index contributed by atoms with van der Waals surface area (Å²) in [4.78, 5) is 14.8. The average molecular weight is 374 g/mol. The Kier molecular flexibility index (Phi) is 4.48. The topological polar surface area (TPSA) is 60.0 Å². The predicted octanol–water partition coefficient (Wildman–Crippen LogP) is 3.06. The third-order valence-electron chi connectivity index (χ3n) is 5.48. The molecule has 1 amide bonds. The molecule has 0 unspecified atom stereocenters. The van der Waals surface area contributed by atoms with E-state index in [1.165, 1.54) is 5.56 Å². The third kappa shape index (κ3) is 3.58. The second-order valence-electron chi connectivity index (χ2n) is 9.22. The van der Waals surface area contributed by atoms with E-state index in [-0.39, 0.29) is 36.4 Å². The molecule has 6 nitrogen and oxygen atoms in total. The molecule has 0 aromatic heterocycles.